The lowest BCUT2D eigenvalue weighted by molar-refractivity contribution is 0.322. The van der Waals surface area contributed by atoms with E-state index in [0.717, 1.165) is 10.0 Å². The van der Waals surface area contributed by atoms with Crippen LogP contribution < -0.4 is 0 Å². The van der Waals surface area contributed by atoms with Crippen molar-refractivity contribution in [3.05, 3.63) is 28.1 Å². The van der Waals surface area contributed by atoms with Gasteiger partial charge in [0.15, 0.2) is 11.5 Å². The normalized spacial score (nSPS) is 11.6. The Bertz CT molecular complexity index is 505. The first-order chi connectivity index (χ1) is 6.72. The molecule has 2 aromatic rings. The van der Waals surface area contributed by atoms with Gasteiger partial charge in [-0.3, -0.25) is 0 Å². The summed E-state index contributed by atoms with van der Waals surface area (Å²) in [6.07, 6.45) is 1.33. The smallest absolute Gasteiger partial charge is 0.192 e. The zero-order valence-electron chi connectivity index (χ0n) is 7.36. The number of hydrogen-bond acceptors (Lipinski definition) is 4. The molecule has 0 atom stereocenters. The minimum absolute atomic E-state index is 0.583. The minimum atomic E-state index is 0.583. The highest BCUT2D eigenvalue weighted by Crippen LogP contribution is 2.26. The second-order valence-corrected chi connectivity index (χ2v) is 3.65. The van der Waals surface area contributed by atoms with Crippen LogP contribution in [0.25, 0.3) is 11.1 Å². The third-order valence-electron chi connectivity index (χ3n) is 1.83. The number of benzene rings is 1. The van der Waals surface area contributed by atoms with Gasteiger partial charge < -0.3 is 9.62 Å². The molecule has 1 aromatic carbocycles. The zero-order valence-corrected chi connectivity index (χ0v) is 8.95. The Kier molecular flexibility index (Phi) is 2.25. The number of oxazole rings is 1. The fourth-order valence-electron chi connectivity index (χ4n) is 1.27. The van der Waals surface area contributed by atoms with Gasteiger partial charge in [-0.15, -0.1) is 0 Å². The van der Waals surface area contributed by atoms with Gasteiger partial charge in [-0.25, -0.2) is 4.98 Å². The number of oxime groups is 1. The van der Waals surface area contributed by atoms with Crippen molar-refractivity contribution in [3.63, 3.8) is 0 Å². The van der Waals surface area contributed by atoms with E-state index in [1.54, 1.807) is 13.0 Å². The molecule has 14 heavy (non-hydrogen) atoms. The van der Waals surface area contributed by atoms with Crippen molar-refractivity contribution in [3.8, 4) is 0 Å². The molecule has 72 valence electrons. The molecule has 0 amide bonds. The Balaban J connectivity index is 2.80. The van der Waals surface area contributed by atoms with Gasteiger partial charge >= 0.3 is 0 Å². The van der Waals surface area contributed by atoms with E-state index >= 15 is 0 Å². The monoisotopic (exact) mass is 254 g/mol. The lowest BCUT2D eigenvalue weighted by atomic mass is 10.2. The second kappa shape index (κ2) is 3.42. The molecule has 0 spiro atoms. The Morgan fingerprint density at radius 1 is 1.57 bits per heavy atom. The van der Waals surface area contributed by atoms with Gasteiger partial charge in [0.2, 0.25) is 0 Å². The van der Waals surface area contributed by atoms with Gasteiger partial charge in [0, 0.05) is 12.5 Å². The van der Waals surface area contributed by atoms with Crippen LogP contribution in [0.4, 0.5) is 0 Å². The summed E-state index contributed by atoms with van der Waals surface area (Å²) in [6, 6.07) is 3.62. The molecule has 5 heteroatoms. The van der Waals surface area contributed by atoms with E-state index in [0.29, 0.717) is 17.0 Å². The number of fused-ring (bicyclic) bond motifs is 1. The number of nitrogens with zero attached hydrogens (tertiary/aromatic N) is 2. The molecule has 0 saturated heterocycles. The summed E-state index contributed by atoms with van der Waals surface area (Å²) < 4.78 is 6.22. The first-order valence-corrected chi connectivity index (χ1v) is 4.75. The largest absolute Gasteiger partial charge is 0.440 e. The summed E-state index contributed by atoms with van der Waals surface area (Å²) in [4.78, 5) is 4.19. The lowest BCUT2D eigenvalue weighted by Gasteiger charge is -1.94. The first kappa shape index (κ1) is 9.21. The topological polar surface area (TPSA) is 58.6 Å². The van der Waals surface area contributed by atoms with Crippen molar-refractivity contribution in [1.29, 1.82) is 0 Å². The highest BCUT2D eigenvalue weighted by Gasteiger charge is 2.09. The summed E-state index contributed by atoms with van der Waals surface area (Å²) in [5, 5.41) is 11.4. The van der Waals surface area contributed by atoms with Gasteiger partial charge in [-0.05, 0) is 28.1 Å². The molecule has 0 aliphatic carbocycles. The molecule has 0 saturated carbocycles. The van der Waals surface area contributed by atoms with Crippen molar-refractivity contribution >= 4 is 33.2 Å². The molecule has 1 N–H and O–H groups in total. The minimum Gasteiger partial charge on any atom is -0.440 e. The fourth-order valence-corrected chi connectivity index (χ4v) is 1.67. The van der Waals surface area contributed by atoms with Crippen LogP contribution in [0.5, 0.6) is 0 Å². The van der Waals surface area contributed by atoms with Crippen LogP contribution in [-0.2, 0) is 0 Å². The van der Waals surface area contributed by atoms with E-state index in [1.165, 1.54) is 6.21 Å². The molecular weight excluding hydrogens is 248 g/mol. The molecule has 2 rings (SSSR count). The maximum atomic E-state index is 8.45. The van der Waals surface area contributed by atoms with Gasteiger partial charge in [-0.1, -0.05) is 5.16 Å². The Morgan fingerprint density at radius 3 is 3.07 bits per heavy atom. The molecule has 1 heterocycles. The second-order valence-electron chi connectivity index (χ2n) is 2.79. The molecule has 0 unspecified atom stereocenters. The Hall–Kier alpha value is -1.36. The molecule has 0 bridgehead atoms. The molecule has 0 fully saturated rings. The standard InChI is InChI=1S/C9H7BrN2O2/c1-5-12-8-6(4-11-13)2-3-7(10)9(8)14-5/h2-4,13H,1H3/b11-4-. The van der Waals surface area contributed by atoms with Crippen molar-refractivity contribution < 1.29 is 9.62 Å². The summed E-state index contributed by atoms with van der Waals surface area (Å²) in [5.74, 6) is 0.583. The predicted octanol–water partition coefficient (Wildman–Crippen LogP) is 2.71. The number of halogens is 1. The van der Waals surface area contributed by atoms with E-state index in [4.69, 9.17) is 9.62 Å². The Labute approximate surface area is 88.4 Å². The van der Waals surface area contributed by atoms with Crippen molar-refractivity contribution in [2.75, 3.05) is 0 Å². The number of rotatable bonds is 1. The van der Waals surface area contributed by atoms with E-state index in [2.05, 4.69) is 26.1 Å². The highest BCUT2D eigenvalue weighted by molar-refractivity contribution is 9.10. The predicted molar refractivity (Wildman–Crippen MR) is 55.8 cm³/mol. The molecule has 1 aromatic heterocycles. The highest BCUT2D eigenvalue weighted by atomic mass is 79.9. The Morgan fingerprint density at radius 2 is 2.36 bits per heavy atom. The van der Waals surface area contributed by atoms with Crippen LogP contribution >= 0.6 is 15.9 Å². The maximum absolute atomic E-state index is 8.45. The summed E-state index contributed by atoms with van der Waals surface area (Å²) >= 11 is 3.35. The molecule has 0 radical (unpaired) electrons. The molecular formula is C9H7BrN2O2. The summed E-state index contributed by atoms with van der Waals surface area (Å²) in [5.41, 5.74) is 2.08. The van der Waals surface area contributed by atoms with E-state index in [1.807, 2.05) is 6.07 Å². The van der Waals surface area contributed by atoms with E-state index in [-0.39, 0.29) is 0 Å². The fraction of sp³-hybridized carbons (Fsp3) is 0.111. The van der Waals surface area contributed by atoms with Crippen molar-refractivity contribution in [2.24, 2.45) is 5.16 Å². The van der Waals surface area contributed by atoms with E-state index < -0.39 is 0 Å². The number of aromatic nitrogens is 1. The van der Waals surface area contributed by atoms with Crippen LogP contribution in [0.1, 0.15) is 11.5 Å². The van der Waals surface area contributed by atoms with E-state index in [9.17, 15) is 0 Å². The zero-order chi connectivity index (χ0) is 10.1. The number of aryl methyl sites for hydroxylation is 1. The van der Waals surface area contributed by atoms with Crippen LogP contribution in [0, 0.1) is 6.92 Å². The number of hydrogen-bond donors (Lipinski definition) is 1. The van der Waals surface area contributed by atoms with Gasteiger partial charge in [0.25, 0.3) is 0 Å². The van der Waals surface area contributed by atoms with Crippen LogP contribution in [0.15, 0.2) is 26.2 Å². The maximum Gasteiger partial charge on any atom is 0.192 e. The SMILES string of the molecule is Cc1nc2c(/C=N\O)ccc(Br)c2o1. The van der Waals surface area contributed by atoms with Gasteiger partial charge in [0.05, 0.1) is 10.7 Å². The first-order valence-electron chi connectivity index (χ1n) is 3.95. The van der Waals surface area contributed by atoms with Crippen molar-refractivity contribution in [2.45, 2.75) is 6.92 Å². The van der Waals surface area contributed by atoms with Gasteiger partial charge in [0.1, 0.15) is 5.52 Å². The third kappa shape index (κ3) is 1.39. The third-order valence-corrected chi connectivity index (χ3v) is 2.45. The lowest BCUT2D eigenvalue weighted by Crippen LogP contribution is -1.84. The van der Waals surface area contributed by atoms with Crippen LogP contribution in [0.2, 0.25) is 0 Å². The molecule has 0 aliphatic rings. The molecule has 4 nitrogen and oxygen atoms in total. The average Bonchev–Trinajstić information content (AvgIpc) is 2.53. The van der Waals surface area contributed by atoms with Crippen LogP contribution in [0.3, 0.4) is 0 Å². The van der Waals surface area contributed by atoms with Crippen LogP contribution in [-0.4, -0.2) is 16.4 Å². The average molecular weight is 255 g/mol. The van der Waals surface area contributed by atoms with Crippen molar-refractivity contribution in [1.82, 2.24) is 4.98 Å². The summed E-state index contributed by atoms with van der Waals surface area (Å²) in [6.45, 7) is 1.77. The molecule has 0 aliphatic heterocycles. The summed E-state index contributed by atoms with van der Waals surface area (Å²) in [7, 11) is 0. The quantitative estimate of drug-likeness (QED) is 0.484. The van der Waals surface area contributed by atoms with Gasteiger partial charge in [-0.2, -0.15) is 0 Å².